The van der Waals surface area contributed by atoms with Crippen molar-refractivity contribution in [3.8, 4) is 17.2 Å². The van der Waals surface area contributed by atoms with E-state index in [1.807, 2.05) is 77.9 Å². The zero-order valence-corrected chi connectivity index (χ0v) is 27.6. The summed E-state index contributed by atoms with van der Waals surface area (Å²) in [5, 5.41) is 0. The van der Waals surface area contributed by atoms with Gasteiger partial charge in [-0.2, -0.15) is 0 Å². The molecule has 0 spiro atoms. The molecule has 3 aromatic rings. The molecule has 0 saturated heterocycles. The van der Waals surface area contributed by atoms with E-state index in [1.54, 1.807) is 6.07 Å². The number of unbranched alkanes of at least 4 members (excludes halogenated alkanes) is 4. The number of benzene rings is 3. The van der Waals surface area contributed by atoms with Crippen molar-refractivity contribution in [2.45, 2.75) is 93.9 Å². The van der Waals surface area contributed by atoms with E-state index in [2.05, 4.69) is 13.8 Å². The molecule has 0 aliphatic carbocycles. The van der Waals surface area contributed by atoms with Crippen molar-refractivity contribution < 1.29 is 23.6 Å². The van der Waals surface area contributed by atoms with Crippen molar-refractivity contribution in [2.75, 3.05) is 13.2 Å². The molecule has 3 aromatic carbocycles. The highest BCUT2D eigenvalue weighted by Crippen LogP contribution is 2.50. The van der Waals surface area contributed by atoms with Gasteiger partial charge >= 0.3 is 0 Å². The van der Waals surface area contributed by atoms with Crippen LogP contribution in [0.15, 0.2) is 42.5 Å². The monoisotopic (exact) mass is 590 g/mol. The van der Waals surface area contributed by atoms with Crippen LogP contribution in [-0.2, 0) is 0 Å². The lowest BCUT2D eigenvalue weighted by molar-refractivity contribution is 0.103. The Morgan fingerprint density at radius 3 is 1.50 bits per heavy atom. The number of hydrogen-bond acceptors (Lipinski definition) is 5. The molecule has 0 saturated carbocycles. The average Bonchev–Trinajstić information content (AvgIpc) is 2.91. The van der Waals surface area contributed by atoms with Gasteiger partial charge in [0.25, 0.3) is 0 Å². The summed E-state index contributed by atoms with van der Waals surface area (Å²) in [5.41, 5.74) is 5.97. The summed E-state index contributed by atoms with van der Waals surface area (Å²) in [4.78, 5) is 28.7. The number of hydrogen-bond donors (Lipinski definition) is 0. The highest BCUT2D eigenvalue weighted by Gasteiger charge is 2.36. The van der Waals surface area contributed by atoms with E-state index in [0.717, 1.165) is 71.9 Å². The third-order valence-electron chi connectivity index (χ3n) is 7.28. The molecule has 0 N–H and O–H groups in total. The van der Waals surface area contributed by atoms with Gasteiger partial charge in [0, 0.05) is 17.2 Å². The molecule has 0 aliphatic heterocycles. The second-order valence-corrected chi connectivity index (χ2v) is 12.8. The maximum atomic E-state index is 14.4. The zero-order chi connectivity index (χ0) is 30.8. The summed E-state index contributed by atoms with van der Waals surface area (Å²) in [6.45, 7) is 17.1. The van der Waals surface area contributed by atoms with Crippen molar-refractivity contribution >= 4 is 19.2 Å². The van der Waals surface area contributed by atoms with Crippen LogP contribution in [0.4, 0.5) is 0 Å². The molecule has 0 bridgehead atoms. The topological polar surface area (TPSA) is 61.8 Å². The van der Waals surface area contributed by atoms with Gasteiger partial charge < -0.3 is 14.0 Å². The number of aryl methyl sites for hydroxylation is 6. The quantitative estimate of drug-likeness (QED) is 0.123. The number of rotatable bonds is 16. The first-order chi connectivity index (χ1) is 20.1. The lowest BCUT2D eigenvalue weighted by Gasteiger charge is -2.22. The maximum absolute atomic E-state index is 14.4. The fourth-order valence-corrected chi connectivity index (χ4v) is 7.16. The lowest BCUT2D eigenvalue weighted by Crippen LogP contribution is -2.15. The van der Waals surface area contributed by atoms with Crippen LogP contribution in [0.25, 0.3) is 0 Å². The van der Waals surface area contributed by atoms with E-state index in [9.17, 15) is 9.59 Å². The third-order valence-corrected chi connectivity index (χ3v) is 8.84. The van der Waals surface area contributed by atoms with Gasteiger partial charge in [-0.3, -0.25) is 9.59 Å². The minimum absolute atomic E-state index is 0.296. The van der Waals surface area contributed by atoms with Gasteiger partial charge in [0.2, 0.25) is 19.2 Å². The largest absolute Gasteiger partial charge is 0.493 e. The Balaban J connectivity index is 2.10. The zero-order valence-electron chi connectivity index (χ0n) is 26.7. The van der Waals surface area contributed by atoms with Crippen molar-refractivity contribution in [1.29, 1.82) is 0 Å². The highest BCUT2D eigenvalue weighted by molar-refractivity contribution is 7.86. The van der Waals surface area contributed by atoms with Crippen molar-refractivity contribution in [2.24, 2.45) is 0 Å². The van der Waals surface area contributed by atoms with Crippen LogP contribution >= 0.6 is 8.15 Å². The third kappa shape index (κ3) is 8.67. The van der Waals surface area contributed by atoms with Crippen molar-refractivity contribution in [3.63, 3.8) is 0 Å². The minimum atomic E-state index is -2.28. The van der Waals surface area contributed by atoms with Crippen LogP contribution in [0.3, 0.4) is 0 Å². The second kappa shape index (κ2) is 15.9. The lowest BCUT2D eigenvalue weighted by atomic mass is 10.0. The van der Waals surface area contributed by atoms with Crippen LogP contribution in [0.5, 0.6) is 17.2 Å². The van der Waals surface area contributed by atoms with Gasteiger partial charge in [0.05, 0.1) is 13.2 Å². The molecule has 0 radical (unpaired) electrons. The summed E-state index contributed by atoms with van der Waals surface area (Å²) in [7, 11) is -2.28. The van der Waals surface area contributed by atoms with Gasteiger partial charge in [-0.1, -0.05) is 74.9 Å². The molecule has 0 heterocycles. The molecule has 0 aromatic heterocycles. The maximum Gasteiger partial charge on any atom is 0.234 e. The van der Waals surface area contributed by atoms with Gasteiger partial charge in [-0.25, -0.2) is 0 Å². The van der Waals surface area contributed by atoms with E-state index in [4.69, 9.17) is 14.0 Å². The average molecular weight is 591 g/mol. The summed E-state index contributed by atoms with van der Waals surface area (Å²) in [6.07, 6.45) is 6.17. The minimum Gasteiger partial charge on any atom is -0.493 e. The van der Waals surface area contributed by atoms with E-state index >= 15 is 0 Å². The molecular weight excluding hydrogens is 543 g/mol. The van der Waals surface area contributed by atoms with Gasteiger partial charge in [0.1, 0.15) is 5.75 Å². The molecule has 0 atom stereocenters. The number of carbonyl (C=O) groups is 2. The molecule has 5 nitrogen and oxygen atoms in total. The number of ether oxygens (including phenoxy) is 2. The normalized spacial score (nSPS) is 11.1. The molecule has 3 rings (SSSR count). The molecule has 0 fully saturated rings. The highest BCUT2D eigenvalue weighted by atomic mass is 31.1. The summed E-state index contributed by atoms with van der Waals surface area (Å²) in [5.74, 6) is 1.49. The Labute approximate surface area is 253 Å². The van der Waals surface area contributed by atoms with Crippen LogP contribution in [0.1, 0.15) is 106 Å². The van der Waals surface area contributed by atoms with E-state index in [-0.39, 0.29) is 11.0 Å². The molecular formula is C36H47O5P. The molecule has 42 heavy (non-hydrogen) atoms. The fraction of sp³-hybridized carbons (Fsp3) is 0.444. The van der Waals surface area contributed by atoms with E-state index in [0.29, 0.717) is 41.6 Å². The fourth-order valence-electron chi connectivity index (χ4n) is 5.36. The molecule has 6 heteroatoms. The Hall–Kier alpha value is -3.17. The first-order valence-electron chi connectivity index (χ1n) is 15.2. The Kier molecular flexibility index (Phi) is 12.6. The molecule has 0 aliphatic rings. The van der Waals surface area contributed by atoms with Crippen LogP contribution < -0.4 is 14.0 Å². The summed E-state index contributed by atoms with van der Waals surface area (Å²) < 4.78 is 18.7. The Morgan fingerprint density at radius 2 is 1.05 bits per heavy atom. The Bertz CT molecular complexity index is 1280. The predicted molar refractivity (Wildman–Crippen MR) is 174 cm³/mol. The summed E-state index contributed by atoms with van der Waals surface area (Å²) >= 11 is 0. The molecule has 226 valence electrons. The second-order valence-electron chi connectivity index (χ2n) is 11.3. The summed E-state index contributed by atoms with van der Waals surface area (Å²) in [6, 6.07) is 13.4. The molecule has 0 unspecified atom stereocenters. The van der Waals surface area contributed by atoms with E-state index in [1.165, 1.54) is 0 Å². The standard InChI is InChI=1S/C36H47O5P/c1-9-11-13-17-39-30-15-16-31(40-18-14-12-10-2)32(23-30)41-42(35(37)33-26(5)19-24(3)20-27(33)6)36(38)34-28(7)21-25(4)22-29(34)8/h15-16,19-23H,9-14,17-18H2,1-8H3. The van der Waals surface area contributed by atoms with Crippen LogP contribution in [-0.4, -0.2) is 24.3 Å². The first kappa shape index (κ1) is 33.3. The van der Waals surface area contributed by atoms with Gasteiger partial charge in [0.15, 0.2) is 11.5 Å². The van der Waals surface area contributed by atoms with Crippen molar-refractivity contribution in [1.82, 2.24) is 0 Å². The van der Waals surface area contributed by atoms with Crippen molar-refractivity contribution in [3.05, 3.63) is 87.0 Å². The van der Waals surface area contributed by atoms with E-state index < -0.39 is 8.15 Å². The first-order valence-corrected chi connectivity index (χ1v) is 16.4. The SMILES string of the molecule is CCCCCOc1ccc(OCCCCC)c(OP(C(=O)c2c(C)cc(C)cc2C)C(=O)c2c(C)cc(C)cc2C)c1. The van der Waals surface area contributed by atoms with Crippen LogP contribution in [0.2, 0.25) is 0 Å². The predicted octanol–water partition coefficient (Wildman–Crippen LogP) is 10.1. The van der Waals surface area contributed by atoms with Gasteiger partial charge in [-0.15, -0.1) is 0 Å². The van der Waals surface area contributed by atoms with Crippen LogP contribution in [0, 0.1) is 41.5 Å². The smallest absolute Gasteiger partial charge is 0.234 e. The number of carbonyl (C=O) groups excluding carboxylic acids is 2. The molecule has 0 amide bonds. The van der Waals surface area contributed by atoms with Gasteiger partial charge in [-0.05, 0) is 88.8 Å². The Morgan fingerprint density at radius 1 is 0.595 bits per heavy atom.